The van der Waals surface area contributed by atoms with Crippen molar-refractivity contribution in [3.05, 3.63) is 30.3 Å². The van der Waals surface area contributed by atoms with Crippen molar-refractivity contribution in [2.24, 2.45) is 0 Å². The van der Waals surface area contributed by atoms with E-state index in [1.807, 2.05) is 0 Å². The van der Waals surface area contributed by atoms with Gasteiger partial charge < -0.3 is 0 Å². The number of benzene rings is 1. The van der Waals surface area contributed by atoms with Gasteiger partial charge in [-0.05, 0) is 0 Å². The van der Waals surface area contributed by atoms with Crippen molar-refractivity contribution in [3.63, 3.8) is 0 Å². The molecule has 0 amide bonds. The Balaban J connectivity index is 2.79. The molecule has 1 aromatic carbocycles. The molecule has 0 heterocycles. The van der Waals surface area contributed by atoms with Crippen molar-refractivity contribution in [1.29, 1.82) is 0 Å². The summed E-state index contributed by atoms with van der Waals surface area (Å²) in [5, 5.41) is 1.50. The molecule has 0 fully saturated rings. The molecule has 0 saturated heterocycles. The SMILES string of the molecule is CCCC[Si](C)(CCl)c1ccccc1. The zero-order valence-electron chi connectivity index (χ0n) is 9.09. The smallest absolute Gasteiger partial charge is 0.0989 e. The largest absolute Gasteiger partial charge is 0.130 e. The van der Waals surface area contributed by atoms with Gasteiger partial charge in [-0.1, -0.05) is 67.9 Å². The Bertz CT molecular complexity index is 260. The van der Waals surface area contributed by atoms with Crippen LogP contribution in [0.1, 0.15) is 19.8 Å². The van der Waals surface area contributed by atoms with E-state index < -0.39 is 8.07 Å². The Kier molecular flexibility index (Phi) is 4.69. The highest BCUT2D eigenvalue weighted by molar-refractivity contribution is 6.95. The summed E-state index contributed by atoms with van der Waals surface area (Å²) in [5.41, 5.74) is 0.844. The lowest BCUT2D eigenvalue weighted by atomic mass is 10.4. The third-order valence-electron chi connectivity index (χ3n) is 2.85. The number of rotatable bonds is 5. The first-order valence-electron chi connectivity index (χ1n) is 5.34. The molecule has 0 nitrogen and oxygen atoms in total. The molecule has 1 aromatic rings. The minimum atomic E-state index is -1.36. The highest BCUT2D eigenvalue weighted by atomic mass is 35.5. The van der Waals surface area contributed by atoms with E-state index in [4.69, 9.17) is 11.6 Å². The van der Waals surface area contributed by atoms with Gasteiger partial charge in [0.2, 0.25) is 0 Å². The van der Waals surface area contributed by atoms with E-state index in [2.05, 4.69) is 43.8 Å². The predicted molar refractivity (Wildman–Crippen MR) is 68.1 cm³/mol. The van der Waals surface area contributed by atoms with Gasteiger partial charge in [0.25, 0.3) is 0 Å². The zero-order valence-corrected chi connectivity index (χ0v) is 10.8. The van der Waals surface area contributed by atoms with Crippen LogP contribution in [0.2, 0.25) is 12.6 Å². The van der Waals surface area contributed by atoms with Crippen LogP contribution in [0.4, 0.5) is 0 Å². The molecule has 0 aliphatic carbocycles. The van der Waals surface area contributed by atoms with Crippen molar-refractivity contribution in [3.8, 4) is 0 Å². The lowest BCUT2D eigenvalue weighted by Gasteiger charge is -2.25. The Labute approximate surface area is 93.3 Å². The summed E-state index contributed by atoms with van der Waals surface area (Å²) < 4.78 is 0. The van der Waals surface area contributed by atoms with Crippen molar-refractivity contribution < 1.29 is 0 Å². The van der Waals surface area contributed by atoms with Crippen LogP contribution < -0.4 is 5.19 Å². The Morgan fingerprint density at radius 2 is 1.86 bits per heavy atom. The minimum absolute atomic E-state index is 0.844. The van der Waals surface area contributed by atoms with Crippen LogP contribution in [0.25, 0.3) is 0 Å². The summed E-state index contributed by atoms with van der Waals surface area (Å²) in [6.07, 6.45) is 2.58. The van der Waals surface area contributed by atoms with Crippen molar-refractivity contribution in [1.82, 2.24) is 0 Å². The molecule has 0 aliphatic heterocycles. The van der Waals surface area contributed by atoms with E-state index in [1.165, 1.54) is 24.1 Å². The highest BCUT2D eigenvalue weighted by Gasteiger charge is 2.27. The topological polar surface area (TPSA) is 0 Å². The van der Waals surface area contributed by atoms with Crippen LogP contribution in [-0.4, -0.2) is 13.6 Å². The van der Waals surface area contributed by atoms with Gasteiger partial charge in [0.1, 0.15) is 0 Å². The van der Waals surface area contributed by atoms with E-state index in [1.54, 1.807) is 0 Å². The summed E-state index contributed by atoms with van der Waals surface area (Å²) in [5.74, 6) is 0. The van der Waals surface area contributed by atoms with Gasteiger partial charge in [0, 0.05) is 5.50 Å². The highest BCUT2D eigenvalue weighted by Crippen LogP contribution is 2.15. The molecule has 1 rings (SSSR count). The van der Waals surface area contributed by atoms with Crippen LogP contribution in [0.3, 0.4) is 0 Å². The van der Waals surface area contributed by atoms with Crippen LogP contribution in [0.15, 0.2) is 30.3 Å². The normalized spacial score (nSPS) is 15.1. The molecular formula is C12H19ClSi. The lowest BCUT2D eigenvalue weighted by molar-refractivity contribution is 0.870. The van der Waals surface area contributed by atoms with Crippen molar-refractivity contribution >= 4 is 24.9 Å². The van der Waals surface area contributed by atoms with Gasteiger partial charge >= 0.3 is 0 Å². The summed E-state index contributed by atoms with van der Waals surface area (Å²) in [4.78, 5) is 0. The van der Waals surface area contributed by atoms with Crippen molar-refractivity contribution in [2.75, 3.05) is 5.50 Å². The Morgan fingerprint density at radius 3 is 2.36 bits per heavy atom. The standard InChI is InChI=1S/C12H19ClSi/c1-3-4-10-14(2,11-13)12-8-6-5-7-9-12/h5-9H,3-4,10-11H2,1-2H3. The predicted octanol–water partition coefficient (Wildman–Crippen LogP) is 3.55. The number of hydrogen-bond acceptors (Lipinski definition) is 0. The first kappa shape index (κ1) is 11.8. The fourth-order valence-corrected chi connectivity index (χ4v) is 5.27. The molecule has 78 valence electrons. The molecule has 2 heteroatoms. The number of halogens is 1. The molecule has 0 N–H and O–H groups in total. The molecule has 0 saturated carbocycles. The second-order valence-corrected chi connectivity index (χ2v) is 9.43. The third kappa shape index (κ3) is 2.86. The van der Waals surface area contributed by atoms with Crippen LogP contribution in [0, 0.1) is 0 Å². The van der Waals surface area contributed by atoms with Gasteiger partial charge in [0.15, 0.2) is 0 Å². The second-order valence-electron chi connectivity index (χ2n) is 4.16. The lowest BCUT2D eigenvalue weighted by Crippen LogP contribution is -2.46. The van der Waals surface area contributed by atoms with Crippen molar-refractivity contribution in [2.45, 2.75) is 32.4 Å². The zero-order chi connectivity index (χ0) is 10.4. The number of hydrogen-bond donors (Lipinski definition) is 0. The molecule has 1 atom stereocenters. The van der Waals surface area contributed by atoms with E-state index in [0.29, 0.717) is 0 Å². The number of unbranched alkanes of at least 4 members (excludes halogenated alkanes) is 1. The summed E-state index contributed by atoms with van der Waals surface area (Å²) >= 11 is 6.14. The molecule has 1 unspecified atom stereocenters. The molecular weight excluding hydrogens is 208 g/mol. The third-order valence-corrected chi connectivity index (χ3v) is 8.39. The first-order valence-corrected chi connectivity index (χ1v) is 8.79. The van der Waals surface area contributed by atoms with Gasteiger partial charge in [0.05, 0.1) is 8.07 Å². The Morgan fingerprint density at radius 1 is 1.21 bits per heavy atom. The summed E-state index contributed by atoms with van der Waals surface area (Å²) in [6.45, 7) is 4.64. The molecule has 0 bridgehead atoms. The van der Waals surface area contributed by atoms with E-state index >= 15 is 0 Å². The monoisotopic (exact) mass is 226 g/mol. The average molecular weight is 227 g/mol. The minimum Gasteiger partial charge on any atom is -0.130 e. The van der Waals surface area contributed by atoms with E-state index in [9.17, 15) is 0 Å². The van der Waals surface area contributed by atoms with E-state index in [-0.39, 0.29) is 0 Å². The maximum absolute atomic E-state index is 6.14. The first-order chi connectivity index (χ1) is 6.73. The molecule has 14 heavy (non-hydrogen) atoms. The van der Waals surface area contributed by atoms with Crippen LogP contribution in [-0.2, 0) is 0 Å². The van der Waals surface area contributed by atoms with Gasteiger partial charge in [-0.25, -0.2) is 0 Å². The van der Waals surface area contributed by atoms with Gasteiger partial charge in [-0.3, -0.25) is 0 Å². The second kappa shape index (κ2) is 5.57. The maximum Gasteiger partial charge on any atom is 0.0989 e. The van der Waals surface area contributed by atoms with Crippen LogP contribution >= 0.6 is 11.6 Å². The number of alkyl halides is 1. The Hall–Kier alpha value is -0.273. The van der Waals surface area contributed by atoms with E-state index in [0.717, 1.165) is 5.50 Å². The molecule has 0 aromatic heterocycles. The van der Waals surface area contributed by atoms with Gasteiger partial charge in [-0.15, -0.1) is 11.6 Å². The molecule has 0 spiro atoms. The fourth-order valence-electron chi connectivity index (χ4n) is 1.70. The average Bonchev–Trinajstić information content (AvgIpc) is 2.27. The maximum atomic E-state index is 6.14. The molecule has 0 aliphatic rings. The van der Waals surface area contributed by atoms with Gasteiger partial charge in [-0.2, -0.15) is 0 Å². The quantitative estimate of drug-likeness (QED) is 0.532. The summed E-state index contributed by atoms with van der Waals surface area (Å²) in [7, 11) is -1.36. The fraction of sp³-hybridized carbons (Fsp3) is 0.500. The summed E-state index contributed by atoms with van der Waals surface area (Å²) in [6, 6.07) is 12.1. The molecule has 0 radical (unpaired) electrons. The van der Waals surface area contributed by atoms with Crippen LogP contribution in [0.5, 0.6) is 0 Å².